The summed E-state index contributed by atoms with van der Waals surface area (Å²) in [5.41, 5.74) is 3.93. The number of hydrogen-bond donors (Lipinski definition) is 4. The van der Waals surface area contributed by atoms with Crippen molar-refractivity contribution in [2.45, 2.75) is 30.8 Å². The zero-order valence-electron chi connectivity index (χ0n) is 21.3. The Hall–Kier alpha value is -3.40. The van der Waals surface area contributed by atoms with Crippen molar-refractivity contribution in [3.05, 3.63) is 66.2 Å². The third-order valence-electron chi connectivity index (χ3n) is 5.79. The van der Waals surface area contributed by atoms with Crippen LogP contribution >= 0.6 is 12.6 Å². The molecule has 1 aliphatic heterocycles. The van der Waals surface area contributed by atoms with Gasteiger partial charge >= 0.3 is 0 Å². The molecule has 9 heteroatoms. The van der Waals surface area contributed by atoms with Gasteiger partial charge in [0.15, 0.2) is 11.5 Å². The molecule has 8 nitrogen and oxygen atoms in total. The van der Waals surface area contributed by atoms with Crippen molar-refractivity contribution >= 4 is 18.5 Å². The van der Waals surface area contributed by atoms with Crippen molar-refractivity contribution in [3.63, 3.8) is 0 Å². The molecule has 1 heterocycles. The Labute approximate surface area is 223 Å². The molecule has 0 bridgehead atoms. The van der Waals surface area contributed by atoms with Gasteiger partial charge < -0.3 is 24.3 Å². The van der Waals surface area contributed by atoms with E-state index in [4.69, 9.17) is 24.2 Å². The van der Waals surface area contributed by atoms with Crippen LogP contribution in [0.15, 0.2) is 65.6 Å². The monoisotopic (exact) mass is 526 g/mol. The van der Waals surface area contributed by atoms with Gasteiger partial charge in [-0.05, 0) is 68.8 Å². The van der Waals surface area contributed by atoms with Crippen molar-refractivity contribution in [3.8, 4) is 34.1 Å². The summed E-state index contributed by atoms with van der Waals surface area (Å²) in [6.45, 7) is 4.77. The molecule has 1 fully saturated rings. The average molecular weight is 527 g/mol. The Balaban J connectivity index is 0.000000222. The van der Waals surface area contributed by atoms with Gasteiger partial charge in [-0.2, -0.15) is 0 Å². The number of carbonyl (C=O) groups excluding carboxylic acids is 1. The van der Waals surface area contributed by atoms with Crippen LogP contribution in [0.1, 0.15) is 30.1 Å². The maximum Gasteiger partial charge on any atom is 0.279 e. The normalized spacial score (nSPS) is 13.1. The van der Waals surface area contributed by atoms with E-state index in [-0.39, 0.29) is 11.3 Å². The number of methoxy groups -OCH3 is 2. The Morgan fingerprint density at radius 1 is 1.00 bits per heavy atom. The maximum absolute atomic E-state index is 11.3. The van der Waals surface area contributed by atoms with Gasteiger partial charge in [-0.3, -0.25) is 10.0 Å². The van der Waals surface area contributed by atoms with Gasteiger partial charge in [0.05, 0.1) is 20.8 Å². The van der Waals surface area contributed by atoms with Crippen molar-refractivity contribution in [2.24, 2.45) is 0 Å². The maximum atomic E-state index is 11.3. The molecule has 0 aliphatic carbocycles. The number of hydrogen-bond acceptors (Lipinski definition) is 8. The number of benzene rings is 3. The second-order valence-electron chi connectivity index (χ2n) is 8.16. The quantitative estimate of drug-likeness (QED) is 0.186. The lowest BCUT2D eigenvalue weighted by atomic mass is 10.0. The fourth-order valence-electron chi connectivity index (χ4n) is 4.00. The van der Waals surface area contributed by atoms with Gasteiger partial charge in [-0.25, -0.2) is 5.48 Å². The third kappa shape index (κ3) is 7.55. The first kappa shape index (κ1) is 28.2. The van der Waals surface area contributed by atoms with Crippen LogP contribution in [0.5, 0.6) is 23.0 Å². The van der Waals surface area contributed by atoms with Gasteiger partial charge in [0.25, 0.3) is 5.91 Å². The fraction of sp³-hybridized carbons (Fsp3) is 0.321. The lowest BCUT2D eigenvalue weighted by Crippen LogP contribution is -2.34. The van der Waals surface area contributed by atoms with E-state index < -0.39 is 5.91 Å². The second kappa shape index (κ2) is 14.4. The molecule has 0 unspecified atom stereocenters. The van der Waals surface area contributed by atoms with Crippen molar-refractivity contribution < 1.29 is 28.9 Å². The molecule has 37 heavy (non-hydrogen) atoms. The van der Waals surface area contributed by atoms with Gasteiger partial charge in [0.2, 0.25) is 0 Å². The van der Waals surface area contributed by atoms with Crippen LogP contribution in [0.25, 0.3) is 11.1 Å². The first-order valence-electron chi connectivity index (χ1n) is 12.1. The lowest BCUT2D eigenvalue weighted by molar-refractivity contribution is 0.0699. The molecule has 4 rings (SSSR count). The number of amides is 1. The molecule has 0 radical (unpaired) electrons. The molecule has 0 saturated carbocycles. The number of carbonyl (C=O) groups is 1. The molecule has 3 aromatic carbocycles. The highest BCUT2D eigenvalue weighted by molar-refractivity contribution is 7.80. The number of piperidine rings is 1. The van der Waals surface area contributed by atoms with Crippen LogP contribution in [0.2, 0.25) is 0 Å². The van der Waals surface area contributed by atoms with E-state index in [1.54, 1.807) is 12.1 Å². The van der Waals surface area contributed by atoms with Gasteiger partial charge in [-0.1, -0.05) is 30.3 Å². The largest absolute Gasteiger partial charge is 0.493 e. The molecule has 1 amide bonds. The summed E-state index contributed by atoms with van der Waals surface area (Å²) in [6.07, 6.45) is 2.49. The number of ether oxygens (including phenoxy) is 4. The Kier molecular flexibility index (Phi) is 10.9. The van der Waals surface area contributed by atoms with E-state index in [9.17, 15) is 4.79 Å². The average Bonchev–Trinajstić information content (AvgIpc) is 2.94. The number of rotatable bonds is 8. The highest BCUT2D eigenvalue weighted by Crippen LogP contribution is 2.35. The highest BCUT2D eigenvalue weighted by Gasteiger charge is 2.19. The topological polar surface area (TPSA) is 98.3 Å². The summed E-state index contributed by atoms with van der Waals surface area (Å²) < 4.78 is 21.8. The van der Waals surface area contributed by atoms with Gasteiger partial charge in [0, 0.05) is 10.5 Å². The molecule has 1 saturated heterocycles. The standard InChI is InChI=1S/C19H23NO2.C9H11NO4S/c1-2-21-19-6-4-3-5-18(19)15-7-9-16(10-8-15)22-17-11-13-20-14-12-17;1-13-5-3-4-6(15)7(8(5)14-2)9(11)10-12/h3-10,17,20H,2,11-14H2,1H3;3-4,12,15H,1-2H3,(H,10,11). The van der Waals surface area contributed by atoms with Crippen LogP contribution in [-0.2, 0) is 0 Å². The molecule has 1 aliphatic rings. The molecule has 0 aromatic heterocycles. The number of para-hydroxylation sites is 1. The van der Waals surface area contributed by atoms with E-state index in [1.807, 2.05) is 25.1 Å². The Morgan fingerprint density at radius 3 is 2.32 bits per heavy atom. The van der Waals surface area contributed by atoms with Crippen LogP contribution in [0.3, 0.4) is 0 Å². The molecular formula is C28H34N2O6S. The Bertz CT molecular complexity index is 1150. The minimum Gasteiger partial charge on any atom is -0.493 e. The van der Waals surface area contributed by atoms with Crippen LogP contribution in [-0.4, -0.2) is 51.1 Å². The fourth-order valence-corrected chi connectivity index (χ4v) is 4.27. The molecule has 3 aromatic rings. The third-order valence-corrected chi connectivity index (χ3v) is 6.17. The molecule has 0 spiro atoms. The van der Waals surface area contributed by atoms with Crippen molar-refractivity contribution in [2.75, 3.05) is 33.9 Å². The summed E-state index contributed by atoms with van der Waals surface area (Å²) in [5, 5.41) is 11.9. The summed E-state index contributed by atoms with van der Waals surface area (Å²) in [6, 6.07) is 19.7. The highest BCUT2D eigenvalue weighted by atomic mass is 32.1. The van der Waals surface area contributed by atoms with E-state index in [2.05, 4.69) is 48.3 Å². The summed E-state index contributed by atoms with van der Waals surface area (Å²) in [5.74, 6) is 1.81. The van der Waals surface area contributed by atoms with Crippen LogP contribution < -0.4 is 29.7 Å². The summed E-state index contributed by atoms with van der Waals surface area (Å²) in [4.78, 5) is 11.7. The minimum atomic E-state index is -0.698. The predicted octanol–water partition coefficient (Wildman–Crippen LogP) is 4.99. The van der Waals surface area contributed by atoms with Gasteiger partial charge in [0.1, 0.15) is 23.2 Å². The smallest absolute Gasteiger partial charge is 0.279 e. The number of thiol groups is 1. The van der Waals surface area contributed by atoms with E-state index in [0.29, 0.717) is 23.4 Å². The first-order valence-corrected chi connectivity index (χ1v) is 12.5. The molecule has 0 atom stereocenters. The van der Waals surface area contributed by atoms with Crippen molar-refractivity contribution in [1.29, 1.82) is 0 Å². The van der Waals surface area contributed by atoms with Crippen LogP contribution in [0.4, 0.5) is 0 Å². The van der Waals surface area contributed by atoms with E-state index in [1.165, 1.54) is 19.7 Å². The second-order valence-corrected chi connectivity index (χ2v) is 8.64. The molecular weight excluding hydrogens is 492 g/mol. The van der Waals surface area contributed by atoms with Gasteiger partial charge in [-0.15, -0.1) is 12.6 Å². The lowest BCUT2D eigenvalue weighted by Gasteiger charge is -2.23. The zero-order valence-corrected chi connectivity index (χ0v) is 22.2. The number of nitrogens with one attached hydrogen (secondary N) is 2. The van der Waals surface area contributed by atoms with Crippen molar-refractivity contribution in [1.82, 2.24) is 10.8 Å². The summed E-state index contributed by atoms with van der Waals surface area (Å²) >= 11 is 4.09. The zero-order chi connectivity index (χ0) is 26.6. The minimum absolute atomic E-state index is 0.127. The van der Waals surface area contributed by atoms with E-state index >= 15 is 0 Å². The molecule has 198 valence electrons. The molecule has 3 N–H and O–H groups in total. The van der Waals surface area contributed by atoms with Crippen LogP contribution in [0, 0.1) is 0 Å². The Morgan fingerprint density at radius 2 is 1.70 bits per heavy atom. The predicted molar refractivity (Wildman–Crippen MR) is 146 cm³/mol. The van der Waals surface area contributed by atoms with E-state index in [0.717, 1.165) is 48.6 Å². The SMILES string of the molecule is CCOc1ccccc1-c1ccc(OC2CCNCC2)cc1.COc1ccc(S)c(C(=O)NO)c1OC. The summed E-state index contributed by atoms with van der Waals surface area (Å²) in [7, 11) is 2.86. The first-order chi connectivity index (χ1) is 18.0. The number of hydroxylamine groups is 1.